The highest BCUT2D eigenvalue weighted by atomic mass is 16.5. The normalized spacial score (nSPS) is 12.1. The number of benzene rings is 2. The Labute approximate surface area is 177 Å². The Morgan fingerprint density at radius 1 is 1.10 bits per heavy atom. The minimum absolute atomic E-state index is 0.0656. The van der Waals surface area contributed by atoms with E-state index in [4.69, 9.17) is 9.47 Å². The third kappa shape index (κ3) is 5.20. The van der Waals surface area contributed by atoms with Crippen molar-refractivity contribution in [2.75, 3.05) is 26.8 Å². The zero-order valence-electron chi connectivity index (χ0n) is 17.9. The van der Waals surface area contributed by atoms with E-state index >= 15 is 0 Å². The van der Waals surface area contributed by atoms with Crippen LogP contribution in [0.4, 0.5) is 0 Å². The number of methoxy groups -OCH3 is 1. The molecule has 0 unspecified atom stereocenters. The predicted molar refractivity (Wildman–Crippen MR) is 119 cm³/mol. The molecule has 6 nitrogen and oxygen atoms in total. The molecule has 0 saturated heterocycles. The van der Waals surface area contributed by atoms with Crippen LogP contribution in [0.5, 0.6) is 11.5 Å². The average molecular weight is 412 g/mol. The molecule has 0 saturated carbocycles. The number of fused-ring (bicyclic) bond motifs is 1. The maximum atomic E-state index is 12.8. The summed E-state index contributed by atoms with van der Waals surface area (Å²) in [4.78, 5) is 12.8. The first-order valence-corrected chi connectivity index (χ1v) is 10.4. The molecule has 0 amide bonds. The fourth-order valence-electron chi connectivity index (χ4n) is 3.43. The first-order valence-electron chi connectivity index (χ1n) is 10.4. The summed E-state index contributed by atoms with van der Waals surface area (Å²) in [6, 6.07) is 15.1. The van der Waals surface area contributed by atoms with E-state index in [1.165, 1.54) is 0 Å². The molecule has 3 aromatic rings. The van der Waals surface area contributed by atoms with Gasteiger partial charge in [0, 0.05) is 7.05 Å². The van der Waals surface area contributed by atoms with E-state index in [1.54, 1.807) is 24.8 Å². The van der Waals surface area contributed by atoms with Gasteiger partial charge in [-0.3, -0.25) is 4.79 Å². The molecular formula is C24H31N2O4+. The van der Waals surface area contributed by atoms with Crippen LogP contribution in [-0.2, 0) is 7.05 Å². The number of aliphatic hydroxyl groups excluding tert-OH is 1. The highest BCUT2D eigenvalue weighted by Gasteiger charge is 2.11. The number of quaternary nitrogens is 1. The van der Waals surface area contributed by atoms with Gasteiger partial charge in [0.2, 0.25) is 0 Å². The number of hydrogen-bond donors (Lipinski definition) is 2. The number of pyridine rings is 1. The predicted octanol–water partition coefficient (Wildman–Crippen LogP) is 2.32. The van der Waals surface area contributed by atoms with Crippen LogP contribution in [0.15, 0.2) is 53.3 Å². The molecule has 0 aliphatic rings. The van der Waals surface area contributed by atoms with Crippen molar-refractivity contribution >= 4 is 10.8 Å². The van der Waals surface area contributed by atoms with Crippen LogP contribution >= 0.6 is 0 Å². The summed E-state index contributed by atoms with van der Waals surface area (Å²) in [7, 11) is 3.36. The van der Waals surface area contributed by atoms with Crippen molar-refractivity contribution in [2.45, 2.75) is 25.9 Å². The monoisotopic (exact) mass is 411 g/mol. The van der Waals surface area contributed by atoms with E-state index in [0.717, 1.165) is 36.0 Å². The average Bonchev–Trinajstić information content (AvgIpc) is 2.78. The second-order valence-corrected chi connectivity index (χ2v) is 7.50. The zero-order chi connectivity index (χ0) is 21.5. The van der Waals surface area contributed by atoms with Crippen molar-refractivity contribution in [1.82, 2.24) is 4.57 Å². The van der Waals surface area contributed by atoms with E-state index < -0.39 is 6.10 Å². The first-order chi connectivity index (χ1) is 14.5. The van der Waals surface area contributed by atoms with Gasteiger partial charge in [0.05, 0.1) is 24.7 Å². The maximum absolute atomic E-state index is 12.8. The quantitative estimate of drug-likeness (QED) is 0.502. The van der Waals surface area contributed by atoms with Gasteiger partial charge >= 0.3 is 0 Å². The Morgan fingerprint density at radius 3 is 2.53 bits per heavy atom. The number of unbranched alkanes of at least 4 members (excludes halogenated alkanes) is 1. The van der Waals surface area contributed by atoms with Gasteiger partial charge in [-0.15, -0.1) is 0 Å². The molecule has 1 aromatic heterocycles. The lowest BCUT2D eigenvalue weighted by molar-refractivity contribution is -0.661. The maximum Gasteiger partial charge on any atom is 0.258 e. The summed E-state index contributed by atoms with van der Waals surface area (Å²) < 4.78 is 12.6. The summed E-state index contributed by atoms with van der Waals surface area (Å²) in [5.41, 5.74) is 1.69. The Morgan fingerprint density at radius 2 is 1.83 bits per heavy atom. The molecule has 1 atom stereocenters. The zero-order valence-corrected chi connectivity index (χ0v) is 17.9. The van der Waals surface area contributed by atoms with Crippen LogP contribution < -0.4 is 20.3 Å². The fraction of sp³-hybridized carbons (Fsp3) is 0.375. The van der Waals surface area contributed by atoms with E-state index in [0.29, 0.717) is 23.4 Å². The van der Waals surface area contributed by atoms with E-state index in [1.807, 2.05) is 42.5 Å². The highest BCUT2D eigenvalue weighted by molar-refractivity contribution is 5.86. The third-order valence-electron chi connectivity index (χ3n) is 5.24. The second-order valence-electron chi connectivity index (χ2n) is 7.50. The molecule has 0 fully saturated rings. The standard InChI is InChI=1S/C24H30N2O4/c1-4-5-12-25-15-19(27)16-30-20-9-6-17(7-10-20)23-13-18-8-11-21(29-3)14-22(18)24(28)26(23)2/h6-11,13-14,19,25,27H,4-5,12,15-16H2,1-3H3/p+1/t19-/m1/s1. The van der Waals surface area contributed by atoms with Gasteiger partial charge in [-0.25, -0.2) is 0 Å². The van der Waals surface area contributed by atoms with Gasteiger partial charge in [-0.2, -0.15) is 0 Å². The SMILES string of the molecule is CCCC[NH2+]C[C@@H](O)COc1ccc(-c2cc3ccc(OC)cc3c(=O)n2C)cc1. The van der Waals surface area contributed by atoms with Crippen LogP contribution in [-0.4, -0.2) is 42.6 Å². The van der Waals surface area contributed by atoms with E-state index in [9.17, 15) is 9.90 Å². The van der Waals surface area contributed by atoms with Crippen LogP contribution in [0.1, 0.15) is 19.8 Å². The molecule has 6 heteroatoms. The van der Waals surface area contributed by atoms with Gasteiger partial charge in [0.15, 0.2) is 0 Å². The summed E-state index contributed by atoms with van der Waals surface area (Å²) in [5.74, 6) is 1.36. The molecule has 3 N–H and O–H groups in total. The van der Waals surface area contributed by atoms with Crippen LogP contribution in [0.2, 0.25) is 0 Å². The molecule has 0 spiro atoms. The first kappa shape index (κ1) is 21.9. The van der Waals surface area contributed by atoms with Gasteiger partial charge in [0.1, 0.15) is 30.8 Å². The summed E-state index contributed by atoms with van der Waals surface area (Å²) in [6.07, 6.45) is 1.81. The summed E-state index contributed by atoms with van der Waals surface area (Å²) in [5, 5.41) is 13.7. The van der Waals surface area contributed by atoms with Crippen molar-refractivity contribution in [2.24, 2.45) is 7.05 Å². The van der Waals surface area contributed by atoms with Crippen molar-refractivity contribution < 1.29 is 19.9 Å². The molecule has 30 heavy (non-hydrogen) atoms. The molecule has 2 aromatic carbocycles. The smallest absolute Gasteiger partial charge is 0.258 e. The lowest BCUT2D eigenvalue weighted by Gasteiger charge is -2.13. The van der Waals surface area contributed by atoms with E-state index in [-0.39, 0.29) is 12.2 Å². The van der Waals surface area contributed by atoms with Gasteiger partial charge in [0.25, 0.3) is 5.56 Å². The van der Waals surface area contributed by atoms with Crippen molar-refractivity contribution in [3.05, 3.63) is 58.9 Å². The van der Waals surface area contributed by atoms with Gasteiger partial charge in [-0.1, -0.05) is 19.4 Å². The van der Waals surface area contributed by atoms with Crippen molar-refractivity contribution in [3.63, 3.8) is 0 Å². The Hall–Kier alpha value is -2.83. The third-order valence-corrected chi connectivity index (χ3v) is 5.24. The van der Waals surface area contributed by atoms with Crippen LogP contribution in [0, 0.1) is 0 Å². The molecule has 1 heterocycles. The van der Waals surface area contributed by atoms with Crippen LogP contribution in [0.3, 0.4) is 0 Å². The Bertz CT molecular complexity index is 1030. The number of aliphatic hydroxyl groups is 1. The highest BCUT2D eigenvalue weighted by Crippen LogP contribution is 2.26. The van der Waals surface area contributed by atoms with Gasteiger partial charge < -0.3 is 24.5 Å². The number of nitrogens with zero attached hydrogens (tertiary/aromatic N) is 1. The lowest BCUT2D eigenvalue weighted by atomic mass is 10.1. The number of hydrogen-bond acceptors (Lipinski definition) is 4. The molecule has 0 radical (unpaired) electrons. The number of nitrogens with two attached hydrogens (primary N) is 1. The van der Waals surface area contributed by atoms with Crippen LogP contribution in [0.25, 0.3) is 22.0 Å². The topological polar surface area (TPSA) is 77.3 Å². The fourth-order valence-corrected chi connectivity index (χ4v) is 3.43. The molecule has 3 rings (SSSR count). The minimum atomic E-state index is -0.500. The van der Waals surface area contributed by atoms with Gasteiger partial charge in [-0.05, 0) is 59.8 Å². The minimum Gasteiger partial charge on any atom is -0.497 e. The van der Waals surface area contributed by atoms with E-state index in [2.05, 4.69) is 12.2 Å². The number of rotatable bonds is 10. The number of aromatic nitrogens is 1. The second kappa shape index (κ2) is 10.3. The Balaban J connectivity index is 1.71. The summed E-state index contributed by atoms with van der Waals surface area (Å²) >= 11 is 0. The molecule has 0 aliphatic heterocycles. The molecule has 160 valence electrons. The van der Waals surface area contributed by atoms with Crippen molar-refractivity contribution in [3.8, 4) is 22.8 Å². The lowest BCUT2D eigenvalue weighted by Crippen LogP contribution is -2.86. The molecule has 0 aliphatic carbocycles. The largest absolute Gasteiger partial charge is 0.497 e. The number of ether oxygens (including phenoxy) is 2. The summed E-state index contributed by atoms with van der Waals surface area (Å²) in [6.45, 7) is 4.09. The Kier molecular flexibility index (Phi) is 7.49. The van der Waals surface area contributed by atoms with Crippen molar-refractivity contribution in [1.29, 1.82) is 0 Å². The molecule has 0 bridgehead atoms. The molecular weight excluding hydrogens is 380 g/mol.